The molecule has 64 heavy (non-hydrogen) atoms. The molecule has 4 atom stereocenters. The number of pyridine rings is 1. The Morgan fingerprint density at radius 3 is 2.59 bits per heavy atom. The zero-order chi connectivity index (χ0) is 45.9. The van der Waals surface area contributed by atoms with E-state index in [0.29, 0.717) is 51.5 Å². The first kappa shape index (κ1) is 47.4. The maximum absolute atomic E-state index is 14.1. The molecular formula is C48H70N8O8. The highest BCUT2D eigenvalue weighted by Crippen LogP contribution is 2.43. The summed E-state index contributed by atoms with van der Waals surface area (Å²) in [7, 11) is 1.72. The third kappa shape index (κ3) is 10.7. The van der Waals surface area contributed by atoms with E-state index in [1.54, 1.807) is 27.9 Å². The van der Waals surface area contributed by atoms with E-state index in [1.165, 1.54) is 5.01 Å². The van der Waals surface area contributed by atoms with Crippen LogP contribution in [0.4, 0.5) is 10.5 Å². The van der Waals surface area contributed by atoms with E-state index in [0.717, 1.165) is 96.1 Å². The Balaban J connectivity index is 1.24. The van der Waals surface area contributed by atoms with Gasteiger partial charge >= 0.3 is 12.1 Å². The molecule has 4 aliphatic heterocycles. The number of piperazine rings is 1. The van der Waals surface area contributed by atoms with Crippen molar-refractivity contribution in [2.45, 2.75) is 111 Å². The summed E-state index contributed by atoms with van der Waals surface area (Å²) in [5.41, 5.74) is 10.1. The van der Waals surface area contributed by atoms with Crippen LogP contribution in [0.3, 0.4) is 0 Å². The van der Waals surface area contributed by atoms with Crippen LogP contribution >= 0.6 is 0 Å². The number of ether oxygens (including phenoxy) is 3. The van der Waals surface area contributed by atoms with Crippen LogP contribution in [0.5, 0.6) is 0 Å². The molecule has 3 saturated heterocycles. The van der Waals surface area contributed by atoms with Gasteiger partial charge in [0.15, 0.2) is 0 Å². The molecule has 2 aromatic heterocycles. The zero-order valence-corrected chi connectivity index (χ0v) is 39.1. The maximum Gasteiger partial charge on any atom is 0.408 e. The Kier molecular flexibility index (Phi) is 14.7. The third-order valence-electron chi connectivity index (χ3n) is 13.0. The molecule has 0 saturated carbocycles. The molecule has 0 aliphatic carbocycles. The maximum atomic E-state index is 14.1. The number of aryl methyl sites for hydroxylation is 1. The highest BCUT2D eigenvalue weighted by molar-refractivity contribution is 5.95. The van der Waals surface area contributed by atoms with Crippen LogP contribution in [-0.2, 0) is 36.8 Å². The molecule has 16 nitrogen and oxygen atoms in total. The third-order valence-corrected chi connectivity index (χ3v) is 13.0. The number of aliphatic hydroxyl groups is 1. The van der Waals surface area contributed by atoms with Crippen LogP contribution in [0.25, 0.3) is 27.7 Å². The van der Waals surface area contributed by atoms with Crippen LogP contribution in [0.1, 0.15) is 90.7 Å². The Morgan fingerprint density at radius 1 is 1.08 bits per heavy atom. The second-order valence-corrected chi connectivity index (χ2v) is 19.6. The summed E-state index contributed by atoms with van der Waals surface area (Å²) in [5, 5.41) is 25.6. The van der Waals surface area contributed by atoms with Crippen LogP contribution < -0.4 is 15.6 Å². The monoisotopic (exact) mass is 887 g/mol. The SMILES string of the molecule is CCn1c(-c2cc(N3CCN4CCOCC4C3)cnc2[C@H](C)OC)c(CC(C)(C)CO)c2cc(C3=CCCN(CC(NC(=O)OC(C)(C)C)C(=O)N4CCCC(C(=O)O)N4)C3)ccc21. The van der Waals surface area contributed by atoms with E-state index in [1.807, 2.05) is 13.1 Å². The van der Waals surface area contributed by atoms with Gasteiger partial charge in [-0.25, -0.2) is 10.2 Å². The fraction of sp³-hybridized carbons (Fsp3) is 0.625. The number of nitrogens with zero attached hydrogens (tertiary/aromatic N) is 6. The summed E-state index contributed by atoms with van der Waals surface area (Å²) in [6.45, 7) is 21.3. The molecule has 16 heteroatoms. The molecule has 4 aliphatic rings. The van der Waals surface area contributed by atoms with Gasteiger partial charge in [0.1, 0.15) is 17.7 Å². The van der Waals surface area contributed by atoms with E-state index < -0.39 is 41.1 Å². The summed E-state index contributed by atoms with van der Waals surface area (Å²) in [6, 6.07) is 7.38. The second kappa shape index (κ2) is 19.9. The van der Waals surface area contributed by atoms with Gasteiger partial charge in [-0.3, -0.25) is 29.4 Å². The lowest BCUT2D eigenvalue weighted by Gasteiger charge is -2.44. The molecule has 0 spiro atoms. The lowest BCUT2D eigenvalue weighted by molar-refractivity contribution is -0.148. The van der Waals surface area contributed by atoms with E-state index in [9.17, 15) is 24.6 Å². The number of carboxylic acids is 1. The lowest BCUT2D eigenvalue weighted by atomic mass is 9.84. The molecule has 2 amide bonds. The number of alkyl carbamates (subject to hydrolysis) is 1. The fourth-order valence-corrected chi connectivity index (χ4v) is 9.59. The van der Waals surface area contributed by atoms with Crippen molar-refractivity contribution in [1.82, 2.24) is 35.1 Å². The Morgan fingerprint density at radius 2 is 1.88 bits per heavy atom. The largest absolute Gasteiger partial charge is 0.480 e. The summed E-state index contributed by atoms with van der Waals surface area (Å²) in [5.74, 6) is -1.44. The van der Waals surface area contributed by atoms with Gasteiger partial charge in [-0.2, -0.15) is 0 Å². The van der Waals surface area contributed by atoms with Gasteiger partial charge in [0, 0.05) is 89.1 Å². The Bertz CT molecular complexity index is 2200. The number of methoxy groups -OCH3 is 1. The number of carbonyl (C=O) groups excluding carboxylic acids is 2. The molecule has 3 aromatic rings. The van der Waals surface area contributed by atoms with Gasteiger partial charge in [0.25, 0.3) is 5.91 Å². The van der Waals surface area contributed by atoms with Gasteiger partial charge in [0.2, 0.25) is 0 Å². The number of carbonyl (C=O) groups is 3. The number of hydrazine groups is 1. The standard InChI is InChI=1S/C48H70N8O8/c1-9-55-41-15-14-32(33-12-10-16-52(26-33)28-40(50-46(61)64-47(3,4)5)44(58)56-17-11-13-39(51-56)45(59)60)22-36(41)38(24-48(6,7)30-57)43(55)37-23-34(25-49-42(37)31(2)62-8)54-19-18-53-20-21-63-29-35(53)27-54/h12,14-15,22-23,25,31,35,39-40,51,57H,9-11,13,16-21,24,26-30H2,1-8H3,(H,50,61)(H,59,60)/t31-,35?,39?,40?/m0/s1. The van der Waals surface area contributed by atoms with Crippen molar-refractivity contribution >= 4 is 40.1 Å². The summed E-state index contributed by atoms with van der Waals surface area (Å²) in [4.78, 5) is 51.3. The summed E-state index contributed by atoms with van der Waals surface area (Å²) >= 11 is 0. The number of aliphatic hydroxyl groups excluding tert-OH is 1. The predicted molar refractivity (Wildman–Crippen MR) is 247 cm³/mol. The molecule has 7 rings (SSSR count). The fourth-order valence-electron chi connectivity index (χ4n) is 9.59. The molecule has 6 heterocycles. The van der Waals surface area contributed by atoms with Crippen molar-refractivity contribution in [2.24, 2.45) is 5.41 Å². The van der Waals surface area contributed by atoms with Gasteiger partial charge in [-0.1, -0.05) is 26.0 Å². The van der Waals surface area contributed by atoms with Crippen molar-refractivity contribution in [2.75, 3.05) is 84.2 Å². The molecule has 0 radical (unpaired) electrons. The van der Waals surface area contributed by atoms with Gasteiger partial charge in [-0.15, -0.1) is 0 Å². The minimum absolute atomic E-state index is 0.0134. The normalized spacial score (nSPS) is 21.3. The minimum atomic E-state index is -1.03. The van der Waals surface area contributed by atoms with Crippen molar-refractivity contribution in [3.8, 4) is 11.3 Å². The smallest absolute Gasteiger partial charge is 0.408 e. The number of anilines is 1. The average Bonchev–Trinajstić information content (AvgIpc) is 3.58. The van der Waals surface area contributed by atoms with E-state index in [-0.39, 0.29) is 19.3 Å². The number of benzene rings is 1. The second-order valence-electron chi connectivity index (χ2n) is 19.6. The number of aliphatic carboxylic acids is 1. The minimum Gasteiger partial charge on any atom is -0.480 e. The van der Waals surface area contributed by atoms with Crippen molar-refractivity contribution in [3.05, 3.63) is 53.4 Å². The quantitative estimate of drug-likeness (QED) is 0.169. The topological polar surface area (TPSA) is 174 Å². The number of carboxylic acid groups (broad SMARTS) is 1. The molecule has 3 unspecified atom stereocenters. The first-order chi connectivity index (χ1) is 30.5. The van der Waals surface area contributed by atoms with E-state index in [4.69, 9.17) is 19.2 Å². The van der Waals surface area contributed by atoms with Crippen LogP contribution in [0.15, 0.2) is 36.5 Å². The van der Waals surface area contributed by atoms with E-state index >= 15 is 0 Å². The molecular weight excluding hydrogens is 817 g/mol. The number of amides is 2. The van der Waals surface area contributed by atoms with Gasteiger partial charge < -0.3 is 39.2 Å². The number of morpholine rings is 1. The van der Waals surface area contributed by atoms with E-state index in [2.05, 4.69) is 81.1 Å². The summed E-state index contributed by atoms with van der Waals surface area (Å²) in [6.07, 6.45) is 5.53. The number of hydrogen-bond donors (Lipinski definition) is 4. The average molecular weight is 887 g/mol. The van der Waals surface area contributed by atoms with Crippen LogP contribution in [0, 0.1) is 5.41 Å². The Hall–Kier alpha value is -4.58. The van der Waals surface area contributed by atoms with Crippen molar-refractivity contribution < 1.29 is 38.8 Å². The number of fused-ring (bicyclic) bond motifs is 2. The lowest BCUT2D eigenvalue weighted by Crippen LogP contribution is -2.62. The van der Waals surface area contributed by atoms with Crippen LogP contribution in [0.2, 0.25) is 0 Å². The van der Waals surface area contributed by atoms with Crippen molar-refractivity contribution in [3.63, 3.8) is 0 Å². The number of rotatable bonds is 14. The molecule has 4 N–H and O–H groups in total. The van der Waals surface area contributed by atoms with Gasteiger partial charge in [-0.05, 0) is 101 Å². The highest BCUT2D eigenvalue weighted by atomic mass is 16.6. The number of aromatic nitrogens is 2. The highest BCUT2D eigenvalue weighted by Gasteiger charge is 2.36. The first-order valence-corrected chi connectivity index (χ1v) is 23.1. The first-order valence-electron chi connectivity index (χ1n) is 23.1. The van der Waals surface area contributed by atoms with Gasteiger partial charge in [0.05, 0.1) is 48.6 Å². The summed E-state index contributed by atoms with van der Waals surface area (Å²) < 4.78 is 19.8. The predicted octanol–water partition coefficient (Wildman–Crippen LogP) is 5.08. The Labute approximate surface area is 377 Å². The van der Waals surface area contributed by atoms with Crippen molar-refractivity contribution in [1.29, 1.82) is 0 Å². The zero-order valence-electron chi connectivity index (χ0n) is 39.1. The molecule has 0 bridgehead atoms. The molecule has 1 aromatic carbocycles. The number of hydrogen-bond acceptors (Lipinski definition) is 12. The molecule has 350 valence electrons. The van der Waals surface area contributed by atoms with Crippen LogP contribution in [-0.4, -0.2) is 156 Å². The molecule has 3 fully saturated rings. The number of nitrogens with one attached hydrogen (secondary N) is 2.